The van der Waals surface area contributed by atoms with Crippen LogP contribution in [0, 0.1) is 0 Å². The van der Waals surface area contributed by atoms with Gasteiger partial charge in [-0.1, -0.05) is 13.3 Å². The predicted octanol–water partition coefficient (Wildman–Crippen LogP) is 5.42. The van der Waals surface area contributed by atoms with E-state index in [4.69, 9.17) is 0 Å². The van der Waals surface area contributed by atoms with E-state index in [9.17, 15) is 8.42 Å². The van der Waals surface area contributed by atoms with Gasteiger partial charge in [-0.2, -0.15) is 0 Å². The first kappa shape index (κ1) is 20.6. The minimum atomic E-state index is -3.41. The van der Waals surface area contributed by atoms with Gasteiger partial charge < -0.3 is 4.90 Å². The number of piperidine rings is 1. The number of thiophene rings is 1. The fraction of sp³-hybridized carbons (Fsp3) is 0.619. The second kappa shape index (κ2) is 8.10. The number of nitrogens with one attached hydrogen (secondary N) is 1. The number of hydrogen-bond acceptors (Lipinski definition) is 4. The molecule has 4 nitrogen and oxygen atoms in total. The lowest BCUT2D eigenvalue weighted by atomic mass is 9.89. The Labute approximate surface area is 168 Å². The summed E-state index contributed by atoms with van der Waals surface area (Å²) in [6.07, 6.45) is 4.91. The highest BCUT2D eigenvalue weighted by molar-refractivity contribution is 7.94. The maximum atomic E-state index is 12.5. The quantitative estimate of drug-likeness (QED) is 0.694. The molecule has 1 saturated heterocycles. The molecule has 2 aromatic rings. The first-order valence-electron chi connectivity index (χ1n) is 9.97. The summed E-state index contributed by atoms with van der Waals surface area (Å²) in [7, 11) is -3.41. The molecule has 0 radical (unpaired) electrons. The van der Waals surface area contributed by atoms with Crippen LogP contribution in [0.1, 0.15) is 64.9 Å². The topological polar surface area (TPSA) is 49.4 Å². The number of unbranched alkanes of at least 4 members (excludes halogenated alkanes) is 1. The molecule has 0 atom stereocenters. The number of hydrogen-bond donors (Lipinski definition) is 1. The van der Waals surface area contributed by atoms with Crippen molar-refractivity contribution in [2.45, 2.75) is 64.0 Å². The summed E-state index contributed by atoms with van der Waals surface area (Å²) < 4.78 is 28.2. The van der Waals surface area contributed by atoms with Gasteiger partial charge in [-0.25, -0.2) is 8.42 Å². The van der Waals surface area contributed by atoms with Crippen molar-refractivity contribution < 1.29 is 8.42 Å². The van der Waals surface area contributed by atoms with E-state index < -0.39 is 14.8 Å². The van der Waals surface area contributed by atoms with Crippen LogP contribution < -0.4 is 4.72 Å². The second-order valence-corrected chi connectivity index (χ2v) is 11.9. The van der Waals surface area contributed by atoms with Gasteiger partial charge in [0.1, 0.15) is 0 Å². The third kappa shape index (κ3) is 4.66. The van der Waals surface area contributed by atoms with Crippen molar-refractivity contribution in [3.8, 4) is 0 Å². The van der Waals surface area contributed by atoms with Gasteiger partial charge in [0.15, 0.2) is 0 Å². The van der Waals surface area contributed by atoms with E-state index >= 15 is 0 Å². The van der Waals surface area contributed by atoms with Crippen LogP contribution in [0.15, 0.2) is 23.6 Å². The van der Waals surface area contributed by atoms with Gasteiger partial charge in [-0.15, -0.1) is 11.3 Å². The smallest absolute Gasteiger partial charge is 0.237 e. The van der Waals surface area contributed by atoms with Crippen LogP contribution in [-0.4, -0.2) is 37.7 Å². The molecule has 27 heavy (non-hydrogen) atoms. The second-order valence-electron chi connectivity index (χ2n) is 8.59. The summed E-state index contributed by atoms with van der Waals surface area (Å²) in [6.45, 7) is 10.9. The predicted molar refractivity (Wildman–Crippen MR) is 117 cm³/mol. The molecule has 1 aromatic heterocycles. The molecule has 1 fully saturated rings. The summed E-state index contributed by atoms with van der Waals surface area (Å²) in [5, 5.41) is 3.49. The molecule has 2 heterocycles. The van der Waals surface area contributed by atoms with Gasteiger partial charge >= 0.3 is 0 Å². The minimum Gasteiger partial charge on any atom is -0.303 e. The van der Waals surface area contributed by atoms with Crippen molar-refractivity contribution in [3.63, 3.8) is 0 Å². The summed E-state index contributed by atoms with van der Waals surface area (Å²) in [6, 6.07) is 5.94. The van der Waals surface area contributed by atoms with Gasteiger partial charge in [0.2, 0.25) is 10.0 Å². The van der Waals surface area contributed by atoms with Crippen LogP contribution in [0.4, 0.5) is 5.69 Å². The number of rotatable bonds is 6. The molecule has 6 heteroatoms. The maximum Gasteiger partial charge on any atom is 0.237 e. The molecule has 0 saturated carbocycles. The van der Waals surface area contributed by atoms with Crippen LogP contribution in [-0.2, 0) is 10.0 Å². The largest absolute Gasteiger partial charge is 0.303 e. The summed E-state index contributed by atoms with van der Waals surface area (Å²) in [4.78, 5) is 2.58. The first-order valence-corrected chi connectivity index (χ1v) is 12.3. The molecule has 1 aliphatic heterocycles. The fourth-order valence-electron chi connectivity index (χ4n) is 3.59. The SMILES string of the molecule is CCCCN1CCC(c2csc3ccc(NS(=O)(=O)C(C)(C)C)cc23)CC1. The molecule has 1 N–H and O–H groups in total. The molecule has 1 aromatic carbocycles. The van der Waals surface area contributed by atoms with Crippen molar-refractivity contribution in [1.82, 2.24) is 4.90 Å². The van der Waals surface area contributed by atoms with Gasteiger partial charge in [0.05, 0.1) is 4.75 Å². The van der Waals surface area contributed by atoms with Crippen molar-refractivity contribution >= 4 is 37.1 Å². The summed E-state index contributed by atoms with van der Waals surface area (Å²) in [5.41, 5.74) is 2.06. The number of sulfonamides is 1. The lowest BCUT2D eigenvalue weighted by molar-refractivity contribution is 0.210. The van der Waals surface area contributed by atoms with Crippen LogP contribution in [0.2, 0.25) is 0 Å². The monoisotopic (exact) mass is 408 g/mol. The van der Waals surface area contributed by atoms with Gasteiger partial charge in [-0.3, -0.25) is 4.72 Å². The molecular weight excluding hydrogens is 376 g/mol. The number of benzene rings is 1. The normalized spacial score (nSPS) is 17.5. The zero-order chi connectivity index (χ0) is 19.7. The zero-order valence-electron chi connectivity index (χ0n) is 16.9. The molecule has 1 aliphatic rings. The number of anilines is 1. The van der Waals surface area contributed by atoms with Gasteiger partial charge in [-0.05, 0) is 100 Å². The van der Waals surface area contributed by atoms with Crippen LogP contribution in [0.3, 0.4) is 0 Å². The number of likely N-dealkylation sites (tertiary alicyclic amines) is 1. The van der Waals surface area contributed by atoms with Crippen molar-refractivity contribution in [3.05, 3.63) is 29.1 Å². The van der Waals surface area contributed by atoms with Gasteiger partial charge in [0, 0.05) is 10.4 Å². The number of fused-ring (bicyclic) bond motifs is 1. The highest BCUT2D eigenvalue weighted by atomic mass is 32.2. The van der Waals surface area contributed by atoms with Crippen molar-refractivity contribution in [2.75, 3.05) is 24.4 Å². The van der Waals surface area contributed by atoms with Crippen LogP contribution >= 0.6 is 11.3 Å². The molecule has 0 aliphatic carbocycles. The Kier molecular flexibility index (Phi) is 6.18. The van der Waals surface area contributed by atoms with E-state index in [0.717, 1.165) is 0 Å². The van der Waals surface area contributed by atoms with E-state index in [1.165, 1.54) is 61.0 Å². The lowest BCUT2D eigenvalue weighted by Gasteiger charge is -2.32. The lowest BCUT2D eigenvalue weighted by Crippen LogP contribution is -2.33. The van der Waals surface area contributed by atoms with Crippen molar-refractivity contribution in [1.29, 1.82) is 0 Å². The van der Waals surface area contributed by atoms with E-state index in [1.807, 2.05) is 18.2 Å². The first-order chi connectivity index (χ1) is 12.7. The highest BCUT2D eigenvalue weighted by Gasteiger charge is 2.29. The Morgan fingerprint density at radius 1 is 1.22 bits per heavy atom. The zero-order valence-corrected chi connectivity index (χ0v) is 18.5. The van der Waals surface area contributed by atoms with Crippen LogP contribution in [0.5, 0.6) is 0 Å². The fourth-order valence-corrected chi connectivity index (χ4v) is 5.35. The summed E-state index contributed by atoms with van der Waals surface area (Å²) >= 11 is 1.76. The molecule has 0 amide bonds. The van der Waals surface area contributed by atoms with E-state index in [2.05, 4.69) is 21.9 Å². The third-order valence-electron chi connectivity index (χ3n) is 5.52. The van der Waals surface area contributed by atoms with E-state index in [0.29, 0.717) is 11.6 Å². The molecule has 0 unspecified atom stereocenters. The van der Waals surface area contributed by atoms with Crippen LogP contribution in [0.25, 0.3) is 10.1 Å². The van der Waals surface area contributed by atoms with E-state index in [-0.39, 0.29) is 0 Å². The third-order valence-corrected chi connectivity index (χ3v) is 8.62. The molecule has 3 rings (SSSR count). The average Bonchev–Trinajstić information content (AvgIpc) is 3.02. The Morgan fingerprint density at radius 3 is 2.56 bits per heavy atom. The average molecular weight is 409 g/mol. The summed E-state index contributed by atoms with van der Waals surface area (Å²) in [5.74, 6) is 0.575. The maximum absolute atomic E-state index is 12.5. The Balaban J connectivity index is 1.78. The molecule has 150 valence electrons. The van der Waals surface area contributed by atoms with Crippen molar-refractivity contribution in [2.24, 2.45) is 0 Å². The molecule has 0 bridgehead atoms. The Hall–Kier alpha value is -1.11. The highest BCUT2D eigenvalue weighted by Crippen LogP contribution is 2.38. The standard InChI is InChI=1S/C21H32N2O2S2/c1-5-6-11-23-12-9-16(10-13-23)19-15-26-20-8-7-17(14-18(19)20)22-27(24,25)21(2,3)4/h7-8,14-16,22H,5-6,9-13H2,1-4H3. The molecular formula is C21H32N2O2S2. The minimum absolute atomic E-state index is 0.575. The Morgan fingerprint density at radius 2 is 1.93 bits per heavy atom. The number of nitrogens with zero attached hydrogens (tertiary/aromatic N) is 1. The molecule has 0 spiro atoms. The van der Waals surface area contributed by atoms with Gasteiger partial charge in [0.25, 0.3) is 0 Å². The van der Waals surface area contributed by atoms with E-state index in [1.54, 1.807) is 32.1 Å². The Bertz CT molecular complexity index is 873.